The van der Waals surface area contributed by atoms with E-state index in [4.69, 9.17) is 14.2 Å². The van der Waals surface area contributed by atoms with Gasteiger partial charge in [-0.2, -0.15) is 0 Å². The highest BCUT2D eigenvalue weighted by molar-refractivity contribution is 5.76. The first-order chi connectivity index (χ1) is 12.7. The molecule has 2 aliphatic heterocycles. The lowest BCUT2D eigenvalue weighted by atomic mass is 10.1. The lowest BCUT2D eigenvalue weighted by molar-refractivity contribution is -0.906. The van der Waals surface area contributed by atoms with Crippen molar-refractivity contribution in [3.05, 3.63) is 23.8 Å². The monoisotopic (exact) mass is 363 g/mol. The molecule has 1 N–H and O–H groups in total. The fourth-order valence-corrected chi connectivity index (χ4v) is 3.95. The van der Waals surface area contributed by atoms with E-state index in [-0.39, 0.29) is 5.91 Å². The quantitative estimate of drug-likeness (QED) is 0.768. The third-order valence-electron chi connectivity index (χ3n) is 5.46. The van der Waals surface area contributed by atoms with Crippen molar-refractivity contribution in [1.82, 2.24) is 4.90 Å². The molecule has 1 aromatic carbocycles. The highest BCUT2D eigenvalue weighted by atomic mass is 16.5. The van der Waals surface area contributed by atoms with E-state index in [1.165, 1.54) is 12.8 Å². The maximum Gasteiger partial charge on any atom is 0.223 e. The van der Waals surface area contributed by atoms with Crippen LogP contribution in [-0.4, -0.2) is 70.5 Å². The SMILES string of the molecule is COc1cccc(CCC(=O)N2CC[NH+](C[C@H]3CCCO3)CC2)c1OC. The molecule has 2 fully saturated rings. The van der Waals surface area contributed by atoms with Crippen LogP contribution in [0.3, 0.4) is 0 Å². The molecule has 6 heteroatoms. The predicted octanol–water partition coefficient (Wildman–Crippen LogP) is 0.543. The van der Waals surface area contributed by atoms with Gasteiger partial charge in [-0.15, -0.1) is 0 Å². The third-order valence-corrected chi connectivity index (χ3v) is 5.46. The Morgan fingerprint density at radius 3 is 2.73 bits per heavy atom. The normalized spacial score (nSPS) is 21.0. The van der Waals surface area contributed by atoms with Gasteiger partial charge in [0.1, 0.15) is 12.6 Å². The molecule has 3 rings (SSSR count). The van der Waals surface area contributed by atoms with Crippen LogP contribution in [0.2, 0.25) is 0 Å². The first kappa shape index (κ1) is 19.0. The molecule has 1 atom stereocenters. The van der Waals surface area contributed by atoms with Crippen molar-refractivity contribution < 1.29 is 23.9 Å². The number of aryl methyl sites for hydroxylation is 1. The van der Waals surface area contributed by atoms with E-state index in [2.05, 4.69) is 0 Å². The van der Waals surface area contributed by atoms with Crippen LogP contribution in [-0.2, 0) is 16.0 Å². The summed E-state index contributed by atoms with van der Waals surface area (Å²) in [6.45, 7) is 5.73. The molecule has 26 heavy (non-hydrogen) atoms. The second kappa shape index (κ2) is 9.24. The Morgan fingerprint density at radius 2 is 2.08 bits per heavy atom. The van der Waals surface area contributed by atoms with Crippen LogP contribution in [0.25, 0.3) is 0 Å². The Kier molecular flexibility index (Phi) is 6.74. The van der Waals surface area contributed by atoms with E-state index in [1.807, 2.05) is 23.1 Å². The molecule has 1 amide bonds. The van der Waals surface area contributed by atoms with Crippen LogP contribution in [0.5, 0.6) is 11.5 Å². The van der Waals surface area contributed by atoms with Crippen LogP contribution >= 0.6 is 0 Å². The minimum absolute atomic E-state index is 0.228. The summed E-state index contributed by atoms with van der Waals surface area (Å²) in [5.41, 5.74) is 1.02. The lowest BCUT2D eigenvalue weighted by Gasteiger charge is -2.33. The van der Waals surface area contributed by atoms with Crippen LogP contribution in [0.15, 0.2) is 18.2 Å². The predicted molar refractivity (Wildman–Crippen MR) is 99.0 cm³/mol. The molecular formula is C20H31N2O4+. The molecule has 2 saturated heterocycles. The molecule has 0 aliphatic carbocycles. The fraction of sp³-hybridized carbons (Fsp3) is 0.650. The van der Waals surface area contributed by atoms with Gasteiger partial charge in [-0.3, -0.25) is 4.79 Å². The smallest absolute Gasteiger partial charge is 0.223 e. The zero-order valence-corrected chi connectivity index (χ0v) is 16.0. The Labute approximate surface area is 156 Å². The molecule has 6 nitrogen and oxygen atoms in total. The van der Waals surface area contributed by atoms with Gasteiger partial charge in [0, 0.05) is 13.0 Å². The maximum absolute atomic E-state index is 12.6. The summed E-state index contributed by atoms with van der Waals surface area (Å²) in [6.07, 6.45) is 3.98. The highest BCUT2D eigenvalue weighted by Crippen LogP contribution is 2.31. The van der Waals surface area contributed by atoms with Gasteiger partial charge in [-0.25, -0.2) is 0 Å². The largest absolute Gasteiger partial charge is 0.493 e. The second-order valence-electron chi connectivity index (χ2n) is 7.12. The second-order valence-corrected chi connectivity index (χ2v) is 7.12. The molecule has 0 bridgehead atoms. The van der Waals surface area contributed by atoms with Crippen molar-refractivity contribution >= 4 is 5.91 Å². The van der Waals surface area contributed by atoms with E-state index in [9.17, 15) is 4.79 Å². The van der Waals surface area contributed by atoms with E-state index in [0.29, 0.717) is 24.7 Å². The number of nitrogens with one attached hydrogen (secondary N) is 1. The summed E-state index contributed by atoms with van der Waals surface area (Å²) in [4.78, 5) is 16.2. The van der Waals surface area contributed by atoms with Gasteiger partial charge in [0.2, 0.25) is 5.91 Å². The van der Waals surface area contributed by atoms with Crippen LogP contribution in [0.1, 0.15) is 24.8 Å². The molecule has 0 saturated carbocycles. The van der Waals surface area contributed by atoms with Gasteiger partial charge in [0.25, 0.3) is 0 Å². The molecule has 2 heterocycles. The Hall–Kier alpha value is -1.79. The number of hydrogen-bond donors (Lipinski definition) is 1. The molecule has 0 radical (unpaired) electrons. The molecule has 0 spiro atoms. The summed E-state index contributed by atoms with van der Waals surface area (Å²) in [6, 6.07) is 5.81. The van der Waals surface area contributed by atoms with Crippen LogP contribution in [0, 0.1) is 0 Å². The number of quaternary nitrogens is 1. The number of ether oxygens (including phenoxy) is 3. The number of rotatable bonds is 7. The van der Waals surface area contributed by atoms with Crippen molar-refractivity contribution in [3.8, 4) is 11.5 Å². The standard InChI is InChI=1S/C20H30N2O4/c1-24-18-7-3-5-16(20(18)25-2)8-9-19(23)22-12-10-21(11-13-22)15-17-6-4-14-26-17/h3,5,7,17H,4,6,8-15H2,1-2H3/p+1/t17-/m1/s1. The number of benzene rings is 1. The average Bonchev–Trinajstić information content (AvgIpc) is 3.19. The zero-order valence-electron chi connectivity index (χ0n) is 16.0. The van der Waals surface area contributed by atoms with E-state index < -0.39 is 0 Å². The molecule has 2 aliphatic rings. The number of piperazine rings is 1. The first-order valence-corrected chi connectivity index (χ1v) is 9.64. The summed E-state index contributed by atoms with van der Waals surface area (Å²) in [7, 11) is 3.27. The number of nitrogens with zero attached hydrogens (tertiary/aromatic N) is 1. The third kappa shape index (κ3) is 4.68. The van der Waals surface area contributed by atoms with Crippen molar-refractivity contribution in [2.45, 2.75) is 31.8 Å². The van der Waals surface area contributed by atoms with Crippen LogP contribution in [0.4, 0.5) is 0 Å². The molecule has 144 valence electrons. The van der Waals surface area contributed by atoms with E-state index in [0.717, 1.165) is 50.6 Å². The minimum atomic E-state index is 0.228. The number of para-hydroxylation sites is 1. The van der Waals surface area contributed by atoms with Gasteiger partial charge in [0.05, 0.1) is 40.4 Å². The van der Waals surface area contributed by atoms with Gasteiger partial charge >= 0.3 is 0 Å². The highest BCUT2D eigenvalue weighted by Gasteiger charge is 2.27. The molecule has 0 aromatic heterocycles. The Balaban J connectivity index is 1.46. The Morgan fingerprint density at radius 1 is 1.27 bits per heavy atom. The van der Waals surface area contributed by atoms with Gasteiger partial charge in [-0.1, -0.05) is 12.1 Å². The zero-order chi connectivity index (χ0) is 18.4. The van der Waals surface area contributed by atoms with Crippen molar-refractivity contribution in [1.29, 1.82) is 0 Å². The van der Waals surface area contributed by atoms with Gasteiger partial charge < -0.3 is 24.0 Å². The fourth-order valence-electron chi connectivity index (χ4n) is 3.95. The van der Waals surface area contributed by atoms with Crippen molar-refractivity contribution in [3.63, 3.8) is 0 Å². The number of hydrogen-bond acceptors (Lipinski definition) is 4. The van der Waals surface area contributed by atoms with Gasteiger partial charge in [0.15, 0.2) is 11.5 Å². The first-order valence-electron chi connectivity index (χ1n) is 9.64. The number of amides is 1. The summed E-state index contributed by atoms with van der Waals surface area (Å²) >= 11 is 0. The molecular weight excluding hydrogens is 332 g/mol. The van der Waals surface area contributed by atoms with Crippen molar-refractivity contribution in [2.75, 3.05) is 53.6 Å². The minimum Gasteiger partial charge on any atom is -0.493 e. The van der Waals surface area contributed by atoms with E-state index in [1.54, 1.807) is 19.1 Å². The summed E-state index contributed by atoms with van der Waals surface area (Å²) in [5.74, 6) is 1.67. The number of carbonyl (C=O) groups excluding carboxylic acids is 1. The molecule has 1 aromatic rings. The topological polar surface area (TPSA) is 52.4 Å². The maximum atomic E-state index is 12.6. The van der Waals surface area contributed by atoms with Crippen LogP contribution < -0.4 is 14.4 Å². The number of carbonyl (C=O) groups is 1. The number of methoxy groups -OCH3 is 2. The summed E-state index contributed by atoms with van der Waals surface area (Å²) < 4.78 is 16.5. The van der Waals surface area contributed by atoms with Gasteiger partial charge in [-0.05, 0) is 30.9 Å². The van der Waals surface area contributed by atoms with E-state index >= 15 is 0 Å². The average molecular weight is 363 g/mol. The summed E-state index contributed by atoms with van der Waals surface area (Å²) in [5, 5.41) is 0. The lowest BCUT2D eigenvalue weighted by Crippen LogP contribution is -3.15. The van der Waals surface area contributed by atoms with Crippen molar-refractivity contribution in [2.24, 2.45) is 0 Å². The Bertz CT molecular complexity index is 593. The molecule has 0 unspecified atom stereocenters.